The molecule has 2 aliphatic rings. The maximum Gasteiger partial charge on any atom is 0.231 e. The molecule has 0 unspecified atom stereocenters. The van der Waals surface area contributed by atoms with Gasteiger partial charge in [0.25, 0.3) is 0 Å². The van der Waals surface area contributed by atoms with E-state index in [2.05, 4.69) is 39.9 Å². The van der Waals surface area contributed by atoms with Gasteiger partial charge in [0.05, 0.1) is 32.7 Å². The molecule has 0 aliphatic carbocycles. The summed E-state index contributed by atoms with van der Waals surface area (Å²) in [5.41, 5.74) is 1.30. The monoisotopic (exact) mass is 376 g/mol. The molecule has 0 saturated carbocycles. The Morgan fingerprint density at radius 1 is 1.20 bits per heavy atom. The molecule has 1 fully saturated rings. The SMILES string of the molecule is S=C(NCc1cccs1)N1CC[NH+](Cc2ccc3c(c2)OCO3)CC1. The number of nitrogens with zero attached hydrogens (tertiary/aromatic N) is 1. The summed E-state index contributed by atoms with van der Waals surface area (Å²) >= 11 is 7.31. The second-order valence-corrected chi connectivity index (χ2v) is 7.76. The third kappa shape index (κ3) is 4.05. The van der Waals surface area contributed by atoms with E-state index in [0.29, 0.717) is 6.79 Å². The summed E-state index contributed by atoms with van der Waals surface area (Å²) < 4.78 is 10.8. The quantitative estimate of drug-likeness (QED) is 0.786. The van der Waals surface area contributed by atoms with Gasteiger partial charge < -0.3 is 24.6 Å². The van der Waals surface area contributed by atoms with Crippen LogP contribution in [0.1, 0.15) is 10.4 Å². The van der Waals surface area contributed by atoms with Gasteiger partial charge in [-0.15, -0.1) is 11.3 Å². The zero-order valence-corrected chi connectivity index (χ0v) is 15.6. The molecule has 4 rings (SSSR count). The van der Waals surface area contributed by atoms with Crippen LogP contribution >= 0.6 is 23.6 Å². The van der Waals surface area contributed by atoms with Crippen molar-refractivity contribution in [2.45, 2.75) is 13.1 Å². The van der Waals surface area contributed by atoms with E-state index in [-0.39, 0.29) is 0 Å². The largest absolute Gasteiger partial charge is 0.454 e. The average molecular weight is 377 g/mol. The van der Waals surface area contributed by atoms with Crippen molar-refractivity contribution in [3.63, 3.8) is 0 Å². The molecule has 132 valence electrons. The van der Waals surface area contributed by atoms with E-state index < -0.39 is 0 Å². The van der Waals surface area contributed by atoms with Crippen molar-refractivity contribution < 1.29 is 14.4 Å². The fraction of sp³-hybridized carbons (Fsp3) is 0.389. The van der Waals surface area contributed by atoms with Gasteiger partial charge in [0.15, 0.2) is 16.6 Å². The van der Waals surface area contributed by atoms with E-state index >= 15 is 0 Å². The molecule has 0 radical (unpaired) electrons. The van der Waals surface area contributed by atoms with Crippen LogP contribution in [0.4, 0.5) is 0 Å². The highest BCUT2D eigenvalue weighted by Crippen LogP contribution is 2.32. The van der Waals surface area contributed by atoms with Crippen LogP contribution < -0.4 is 19.7 Å². The molecule has 1 saturated heterocycles. The van der Waals surface area contributed by atoms with Gasteiger partial charge in [-0.2, -0.15) is 0 Å². The fourth-order valence-electron chi connectivity index (χ4n) is 3.23. The van der Waals surface area contributed by atoms with Crippen molar-refractivity contribution in [1.29, 1.82) is 0 Å². The maximum absolute atomic E-state index is 5.55. The van der Waals surface area contributed by atoms with Crippen molar-refractivity contribution in [2.24, 2.45) is 0 Å². The second kappa shape index (κ2) is 7.59. The molecule has 7 heteroatoms. The Morgan fingerprint density at radius 3 is 2.84 bits per heavy atom. The number of benzene rings is 1. The lowest BCUT2D eigenvalue weighted by atomic mass is 10.1. The molecule has 0 amide bonds. The Kier molecular flexibility index (Phi) is 5.05. The first-order valence-electron chi connectivity index (χ1n) is 8.55. The van der Waals surface area contributed by atoms with E-state index in [9.17, 15) is 0 Å². The highest BCUT2D eigenvalue weighted by molar-refractivity contribution is 7.80. The molecule has 2 N–H and O–H groups in total. The fourth-order valence-corrected chi connectivity index (χ4v) is 4.13. The van der Waals surface area contributed by atoms with Crippen LogP contribution in [-0.4, -0.2) is 43.0 Å². The molecule has 1 aromatic heterocycles. The first-order valence-corrected chi connectivity index (χ1v) is 9.84. The Hall–Kier alpha value is -1.83. The van der Waals surface area contributed by atoms with E-state index in [1.54, 1.807) is 16.2 Å². The topological polar surface area (TPSA) is 38.2 Å². The normalized spacial score (nSPS) is 16.9. The molecular formula is C18H22N3O2S2+. The van der Waals surface area contributed by atoms with Crippen LogP contribution in [0.3, 0.4) is 0 Å². The number of piperazine rings is 1. The van der Waals surface area contributed by atoms with Gasteiger partial charge in [-0.05, 0) is 41.9 Å². The van der Waals surface area contributed by atoms with Crippen LogP contribution in [0.15, 0.2) is 35.7 Å². The predicted molar refractivity (Wildman–Crippen MR) is 102 cm³/mol. The summed E-state index contributed by atoms with van der Waals surface area (Å²) in [4.78, 5) is 5.18. The molecule has 0 bridgehead atoms. The lowest BCUT2D eigenvalue weighted by molar-refractivity contribution is -0.917. The number of fused-ring (bicyclic) bond motifs is 1. The number of quaternary nitrogens is 1. The molecule has 3 heterocycles. The van der Waals surface area contributed by atoms with Gasteiger partial charge in [0.2, 0.25) is 6.79 Å². The second-order valence-electron chi connectivity index (χ2n) is 6.34. The molecule has 1 aromatic carbocycles. The molecule has 5 nitrogen and oxygen atoms in total. The summed E-state index contributed by atoms with van der Waals surface area (Å²) in [6.07, 6.45) is 0. The number of hydrogen-bond acceptors (Lipinski definition) is 4. The van der Waals surface area contributed by atoms with Crippen molar-refractivity contribution >= 4 is 28.7 Å². The summed E-state index contributed by atoms with van der Waals surface area (Å²) in [7, 11) is 0. The number of ether oxygens (including phenoxy) is 2. The first-order chi connectivity index (χ1) is 12.3. The standard InChI is InChI=1S/C18H21N3O2S2/c24-18(19-11-15-2-1-9-25-15)21-7-5-20(6-8-21)12-14-3-4-16-17(10-14)23-13-22-16/h1-4,9-10H,5-8,11-13H2,(H,19,24)/p+1. The van der Waals surface area contributed by atoms with Gasteiger partial charge in [-0.25, -0.2) is 0 Å². The van der Waals surface area contributed by atoms with Gasteiger partial charge >= 0.3 is 0 Å². The summed E-state index contributed by atoms with van der Waals surface area (Å²) in [5.74, 6) is 1.72. The van der Waals surface area contributed by atoms with E-state index in [1.807, 2.05) is 6.07 Å². The zero-order valence-electron chi connectivity index (χ0n) is 14.0. The number of nitrogens with one attached hydrogen (secondary N) is 2. The minimum absolute atomic E-state index is 0.334. The number of rotatable bonds is 4. The van der Waals surface area contributed by atoms with Gasteiger partial charge in [0, 0.05) is 10.4 Å². The van der Waals surface area contributed by atoms with E-state index in [4.69, 9.17) is 21.7 Å². The maximum atomic E-state index is 5.55. The Balaban J connectivity index is 1.24. The minimum Gasteiger partial charge on any atom is -0.454 e. The van der Waals surface area contributed by atoms with Crippen molar-refractivity contribution in [3.05, 3.63) is 46.2 Å². The van der Waals surface area contributed by atoms with Crippen molar-refractivity contribution in [3.8, 4) is 11.5 Å². The Morgan fingerprint density at radius 2 is 2.04 bits per heavy atom. The third-order valence-electron chi connectivity index (χ3n) is 4.64. The average Bonchev–Trinajstić information content (AvgIpc) is 3.31. The molecular weight excluding hydrogens is 354 g/mol. The lowest BCUT2D eigenvalue weighted by Gasteiger charge is -2.33. The summed E-state index contributed by atoms with van der Waals surface area (Å²) in [6.45, 7) is 6.34. The zero-order chi connectivity index (χ0) is 17.1. The lowest BCUT2D eigenvalue weighted by Crippen LogP contribution is -3.13. The summed E-state index contributed by atoms with van der Waals surface area (Å²) in [5, 5.41) is 6.34. The Labute approximate surface area is 157 Å². The van der Waals surface area contributed by atoms with Crippen LogP contribution in [0.25, 0.3) is 0 Å². The molecule has 0 atom stereocenters. The number of thiocarbonyl (C=S) groups is 1. The van der Waals surface area contributed by atoms with E-state index in [1.165, 1.54) is 10.4 Å². The van der Waals surface area contributed by atoms with Crippen LogP contribution in [0.2, 0.25) is 0 Å². The summed E-state index contributed by atoms with van der Waals surface area (Å²) in [6, 6.07) is 10.5. The van der Waals surface area contributed by atoms with Crippen LogP contribution in [0, 0.1) is 0 Å². The van der Waals surface area contributed by atoms with Crippen LogP contribution in [0.5, 0.6) is 11.5 Å². The third-order valence-corrected chi connectivity index (χ3v) is 5.92. The molecule has 25 heavy (non-hydrogen) atoms. The van der Waals surface area contributed by atoms with Crippen molar-refractivity contribution in [1.82, 2.24) is 10.2 Å². The molecule has 2 aromatic rings. The van der Waals surface area contributed by atoms with Gasteiger partial charge in [-0.1, -0.05) is 6.07 Å². The minimum atomic E-state index is 0.334. The highest BCUT2D eigenvalue weighted by Gasteiger charge is 2.22. The van der Waals surface area contributed by atoms with Gasteiger partial charge in [-0.3, -0.25) is 0 Å². The number of thiophene rings is 1. The molecule has 0 spiro atoms. The number of hydrogen-bond donors (Lipinski definition) is 2. The van der Waals surface area contributed by atoms with Gasteiger partial charge in [0.1, 0.15) is 6.54 Å². The molecule has 2 aliphatic heterocycles. The van der Waals surface area contributed by atoms with E-state index in [0.717, 1.165) is 55.9 Å². The highest BCUT2D eigenvalue weighted by atomic mass is 32.1. The first kappa shape index (κ1) is 16.6. The smallest absolute Gasteiger partial charge is 0.231 e. The predicted octanol–water partition coefficient (Wildman–Crippen LogP) is 1.25. The van der Waals surface area contributed by atoms with Crippen molar-refractivity contribution in [2.75, 3.05) is 33.0 Å². The van der Waals surface area contributed by atoms with Crippen LogP contribution in [-0.2, 0) is 13.1 Å². The Bertz CT molecular complexity index is 728.